The molecule has 38 heavy (non-hydrogen) atoms. The number of nitrogens with one attached hydrogen (secondary N) is 1. The van der Waals surface area contributed by atoms with E-state index in [4.69, 9.17) is 4.74 Å². The minimum atomic E-state index is -4.81. The predicted molar refractivity (Wildman–Crippen MR) is 123 cm³/mol. The lowest BCUT2D eigenvalue weighted by atomic mass is 9.87. The number of sulfone groups is 1. The summed E-state index contributed by atoms with van der Waals surface area (Å²) in [5.74, 6) is -2.70. The number of carbonyl (C=O) groups is 2. The van der Waals surface area contributed by atoms with E-state index in [1.165, 1.54) is 29.2 Å². The number of rotatable bonds is 6. The van der Waals surface area contributed by atoms with Crippen LogP contribution in [0.15, 0.2) is 47.4 Å². The molecule has 5 rings (SSSR count). The van der Waals surface area contributed by atoms with Gasteiger partial charge in [-0.1, -0.05) is 12.1 Å². The van der Waals surface area contributed by atoms with Gasteiger partial charge in [-0.3, -0.25) is 9.59 Å². The van der Waals surface area contributed by atoms with E-state index in [2.05, 4.69) is 5.32 Å². The van der Waals surface area contributed by atoms with Gasteiger partial charge in [0.1, 0.15) is 11.9 Å². The van der Waals surface area contributed by atoms with E-state index in [0.29, 0.717) is 12.5 Å². The quantitative estimate of drug-likeness (QED) is 0.549. The van der Waals surface area contributed by atoms with Crippen molar-refractivity contribution in [2.24, 2.45) is 5.92 Å². The first-order chi connectivity index (χ1) is 17.7. The second-order valence-corrected chi connectivity index (χ2v) is 12.0. The van der Waals surface area contributed by atoms with Crippen LogP contribution in [0.3, 0.4) is 0 Å². The molecule has 3 fully saturated rings. The van der Waals surface area contributed by atoms with Crippen LogP contribution in [0.4, 0.5) is 22.0 Å². The Balaban J connectivity index is 1.42. The molecular formula is C25H23F5N2O5S. The van der Waals surface area contributed by atoms with Gasteiger partial charge in [0.05, 0.1) is 29.7 Å². The molecule has 2 aromatic rings. The highest BCUT2D eigenvalue weighted by molar-refractivity contribution is 7.90. The Morgan fingerprint density at radius 1 is 1.13 bits per heavy atom. The van der Waals surface area contributed by atoms with Gasteiger partial charge in [-0.2, -0.15) is 13.2 Å². The molecule has 2 amide bonds. The topological polar surface area (TPSA) is 92.8 Å². The van der Waals surface area contributed by atoms with Gasteiger partial charge >= 0.3 is 6.18 Å². The second kappa shape index (κ2) is 9.01. The van der Waals surface area contributed by atoms with Gasteiger partial charge in [0.25, 0.3) is 5.91 Å². The molecule has 0 radical (unpaired) electrons. The Morgan fingerprint density at radius 3 is 2.42 bits per heavy atom. The van der Waals surface area contributed by atoms with Crippen molar-refractivity contribution < 1.29 is 44.7 Å². The molecule has 1 N–H and O–H groups in total. The normalized spacial score (nSPS) is 24.8. The fourth-order valence-corrected chi connectivity index (χ4v) is 5.78. The van der Waals surface area contributed by atoms with Gasteiger partial charge in [-0.05, 0) is 49.1 Å². The zero-order chi connectivity index (χ0) is 27.6. The first-order valence-electron chi connectivity index (χ1n) is 11.8. The van der Waals surface area contributed by atoms with Crippen molar-refractivity contribution in [1.29, 1.82) is 0 Å². The van der Waals surface area contributed by atoms with Crippen LogP contribution < -0.4 is 5.32 Å². The van der Waals surface area contributed by atoms with Crippen LogP contribution in [0, 0.1) is 11.7 Å². The van der Waals surface area contributed by atoms with Crippen LogP contribution in [-0.4, -0.2) is 62.4 Å². The summed E-state index contributed by atoms with van der Waals surface area (Å²) in [6.07, 6.45) is -2.92. The molecule has 4 atom stereocenters. The number of nitrogens with zero attached hydrogens (tertiary/aromatic N) is 1. The second-order valence-electron chi connectivity index (χ2n) is 10.0. The van der Waals surface area contributed by atoms with E-state index in [-0.39, 0.29) is 34.9 Å². The molecular weight excluding hydrogens is 535 g/mol. The number of piperidine rings is 1. The van der Waals surface area contributed by atoms with Crippen molar-refractivity contribution in [2.75, 3.05) is 19.5 Å². The highest BCUT2D eigenvalue weighted by Crippen LogP contribution is 2.49. The Bertz CT molecular complexity index is 1410. The molecule has 0 unspecified atom stereocenters. The molecule has 0 bridgehead atoms. The lowest BCUT2D eigenvalue weighted by Gasteiger charge is -2.41. The highest BCUT2D eigenvalue weighted by atomic mass is 32.2. The zero-order valence-electron chi connectivity index (χ0n) is 20.0. The number of likely N-dealkylation sites (tertiary alicyclic amines) is 1. The number of amides is 2. The van der Waals surface area contributed by atoms with Gasteiger partial charge in [0.2, 0.25) is 5.91 Å². The molecule has 3 aliphatic rings. The average Bonchev–Trinajstić information content (AvgIpc) is 3.49. The maximum atomic E-state index is 15.5. The molecule has 2 aromatic carbocycles. The minimum absolute atomic E-state index is 0.0143. The van der Waals surface area contributed by atoms with Crippen molar-refractivity contribution in [3.05, 3.63) is 65.0 Å². The number of halogens is 5. The summed E-state index contributed by atoms with van der Waals surface area (Å²) < 4.78 is 98.1. The minimum Gasteiger partial charge on any atom is -0.374 e. The molecule has 1 aliphatic carbocycles. The van der Waals surface area contributed by atoms with Gasteiger partial charge in [0, 0.05) is 23.4 Å². The number of benzene rings is 2. The Hall–Kier alpha value is -3.06. The van der Waals surface area contributed by atoms with Crippen molar-refractivity contribution in [2.45, 2.75) is 47.7 Å². The number of hydrogen-bond donors (Lipinski definition) is 1. The molecule has 1 saturated carbocycles. The van der Waals surface area contributed by atoms with E-state index >= 15 is 4.39 Å². The van der Waals surface area contributed by atoms with E-state index in [1.807, 2.05) is 0 Å². The van der Waals surface area contributed by atoms with Crippen molar-refractivity contribution in [1.82, 2.24) is 10.2 Å². The third kappa shape index (κ3) is 4.77. The molecule has 2 saturated heterocycles. The summed E-state index contributed by atoms with van der Waals surface area (Å²) in [7, 11) is -3.60. The average molecular weight is 559 g/mol. The summed E-state index contributed by atoms with van der Waals surface area (Å²) in [6, 6.07) is 4.03. The lowest BCUT2D eigenvalue weighted by Crippen LogP contribution is -2.58. The Labute approximate surface area is 214 Å². The first-order valence-corrected chi connectivity index (χ1v) is 13.6. The number of alkyl halides is 4. The molecule has 2 heterocycles. The molecule has 0 aromatic heterocycles. The van der Waals surface area contributed by atoms with Crippen molar-refractivity contribution in [3.8, 4) is 0 Å². The summed E-state index contributed by atoms with van der Waals surface area (Å²) in [5, 5.41) is 2.42. The van der Waals surface area contributed by atoms with Crippen LogP contribution in [-0.2, 0) is 25.5 Å². The van der Waals surface area contributed by atoms with Crippen molar-refractivity contribution >= 4 is 21.7 Å². The maximum absolute atomic E-state index is 15.5. The van der Waals surface area contributed by atoms with E-state index in [0.717, 1.165) is 12.3 Å². The van der Waals surface area contributed by atoms with E-state index < -0.39 is 75.7 Å². The fraction of sp³-hybridized carbons (Fsp3) is 0.440. The predicted octanol–water partition coefficient (Wildman–Crippen LogP) is 3.45. The monoisotopic (exact) mass is 558 g/mol. The molecule has 7 nitrogen and oxygen atoms in total. The SMILES string of the molecule is CS(=O)(=O)c1cccc(C(=O)N2[C@@H](C(=O)N[C@@H](c3ccc(C(F)(F)F)cc3F)C3(F)COC3)C[C@H]3C[C@H]32)c1. The van der Waals surface area contributed by atoms with Crippen LogP contribution in [0.2, 0.25) is 0 Å². The van der Waals surface area contributed by atoms with Crippen LogP contribution in [0.1, 0.15) is 40.4 Å². The third-order valence-corrected chi connectivity index (χ3v) is 8.39. The first kappa shape index (κ1) is 26.5. The molecule has 13 heteroatoms. The van der Waals surface area contributed by atoms with Gasteiger partial charge in [0.15, 0.2) is 15.5 Å². The standard InChI is InChI=1S/C25H23F5N2O5S/c1-38(35,36)16-4-2-3-13(7-16)23(34)32-19-8-14(19)9-20(32)22(33)31-21(24(27)11-37-12-24)17-6-5-15(10-18(17)26)25(28,29)30/h2-7,10,14,19-21H,8-9,11-12H2,1H3,(H,31,33)/t14-,19-,20-,21+/m1/s1. The maximum Gasteiger partial charge on any atom is 0.416 e. The van der Waals surface area contributed by atoms with Crippen LogP contribution >= 0.6 is 0 Å². The number of ether oxygens (including phenoxy) is 1. The third-order valence-electron chi connectivity index (χ3n) is 7.28. The van der Waals surface area contributed by atoms with Crippen molar-refractivity contribution in [3.63, 3.8) is 0 Å². The number of carbonyl (C=O) groups excluding carboxylic acids is 2. The number of hydrogen-bond acceptors (Lipinski definition) is 5. The van der Waals surface area contributed by atoms with E-state index in [1.54, 1.807) is 0 Å². The summed E-state index contributed by atoms with van der Waals surface area (Å²) >= 11 is 0. The molecule has 2 aliphatic heterocycles. The summed E-state index contributed by atoms with van der Waals surface area (Å²) in [5.41, 5.74) is -3.95. The lowest BCUT2D eigenvalue weighted by molar-refractivity contribution is -0.155. The molecule has 0 spiro atoms. The Kier molecular flexibility index (Phi) is 6.29. The van der Waals surface area contributed by atoms with Gasteiger partial charge in [-0.15, -0.1) is 0 Å². The fourth-order valence-electron chi connectivity index (χ4n) is 5.12. The summed E-state index contributed by atoms with van der Waals surface area (Å²) in [6.45, 7) is -1.01. The number of fused-ring (bicyclic) bond motifs is 1. The van der Waals surface area contributed by atoms with Crippen LogP contribution in [0.5, 0.6) is 0 Å². The summed E-state index contributed by atoms with van der Waals surface area (Å²) in [4.78, 5) is 28.0. The largest absolute Gasteiger partial charge is 0.416 e. The highest BCUT2D eigenvalue weighted by Gasteiger charge is 2.57. The van der Waals surface area contributed by atoms with E-state index in [9.17, 15) is 35.6 Å². The van der Waals surface area contributed by atoms with Crippen LogP contribution in [0.25, 0.3) is 0 Å². The van der Waals surface area contributed by atoms with Gasteiger partial charge < -0.3 is 15.0 Å². The Morgan fingerprint density at radius 2 is 1.84 bits per heavy atom. The van der Waals surface area contributed by atoms with Gasteiger partial charge in [-0.25, -0.2) is 17.2 Å². The molecule has 204 valence electrons. The smallest absolute Gasteiger partial charge is 0.374 e. The zero-order valence-corrected chi connectivity index (χ0v) is 20.8.